The summed E-state index contributed by atoms with van der Waals surface area (Å²) in [6, 6.07) is 0. The fourth-order valence-corrected chi connectivity index (χ4v) is 2.49. The molecule has 0 aliphatic carbocycles. The lowest BCUT2D eigenvalue weighted by Gasteiger charge is -2.43. The average Bonchev–Trinajstić information content (AvgIpc) is 2.28. The van der Waals surface area contributed by atoms with Gasteiger partial charge in [0.1, 0.15) is 0 Å². The smallest absolute Gasteiger partial charge is 0.294 e. The van der Waals surface area contributed by atoms with E-state index in [1.807, 2.05) is 20.8 Å². The van der Waals surface area contributed by atoms with Gasteiger partial charge in [-0.15, -0.1) is 0 Å². The van der Waals surface area contributed by atoms with Crippen LogP contribution in [0.3, 0.4) is 0 Å². The first-order valence-electron chi connectivity index (χ1n) is 6.80. The molecule has 2 rings (SSSR count). The van der Waals surface area contributed by atoms with E-state index in [0.717, 1.165) is 19.6 Å². The molecule has 1 saturated heterocycles. The highest BCUT2D eigenvalue weighted by Crippen LogP contribution is 2.21. The molecule has 0 atom stereocenters. The molecule has 5 heteroatoms. The summed E-state index contributed by atoms with van der Waals surface area (Å²) in [7, 11) is 0. The number of aromatic nitrogens is 2. The number of hydrogen-bond acceptors (Lipinski definition) is 4. The van der Waals surface area contributed by atoms with Gasteiger partial charge in [0.25, 0.3) is 5.56 Å². The number of nitrogens with one attached hydrogen (secondary N) is 1. The SMILES string of the molecule is CC1(C)CNCCN1c1nccn(C(C)(C)C)c1=O. The van der Waals surface area contributed by atoms with Gasteiger partial charge in [-0.05, 0) is 34.6 Å². The fourth-order valence-electron chi connectivity index (χ4n) is 2.49. The Morgan fingerprint density at radius 1 is 1.37 bits per heavy atom. The summed E-state index contributed by atoms with van der Waals surface area (Å²) in [6.07, 6.45) is 3.49. The second-order valence-electron chi connectivity index (χ2n) is 6.74. The molecule has 106 valence electrons. The van der Waals surface area contributed by atoms with Gasteiger partial charge >= 0.3 is 0 Å². The van der Waals surface area contributed by atoms with Crippen LogP contribution in [0.15, 0.2) is 17.2 Å². The molecule has 0 amide bonds. The first-order chi connectivity index (χ1) is 8.73. The van der Waals surface area contributed by atoms with Crippen molar-refractivity contribution in [3.8, 4) is 0 Å². The molecule has 1 aliphatic rings. The molecule has 1 N–H and O–H groups in total. The highest BCUT2D eigenvalue weighted by Gasteiger charge is 2.33. The van der Waals surface area contributed by atoms with Crippen molar-refractivity contribution in [1.82, 2.24) is 14.9 Å². The van der Waals surface area contributed by atoms with Gasteiger partial charge in [-0.3, -0.25) is 4.79 Å². The van der Waals surface area contributed by atoms with Crippen molar-refractivity contribution in [2.75, 3.05) is 24.5 Å². The van der Waals surface area contributed by atoms with E-state index in [1.54, 1.807) is 17.0 Å². The Balaban J connectivity index is 2.49. The van der Waals surface area contributed by atoms with E-state index in [4.69, 9.17) is 0 Å². The normalized spacial score (nSPS) is 19.5. The van der Waals surface area contributed by atoms with Crippen LogP contribution in [-0.4, -0.2) is 34.7 Å². The minimum Gasteiger partial charge on any atom is -0.344 e. The lowest BCUT2D eigenvalue weighted by Crippen LogP contribution is -2.60. The van der Waals surface area contributed by atoms with Crippen LogP contribution in [0.5, 0.6) is 0 Å². The second-order valence-corrected chi connectivity index (χ2v) is 6.74. The van der Waals surface area contributed by atoms with Crippen LogP contribution in [0.4, 0.5) is 5.82 Å². The van der Waals surface area contributed by atoms with Crippen LogP contribution in [0.2, 0.25) is 0 Å². The summed E-state index contributed by atoms with van der Waals surface area (Å²) >= 11 is 0. The molecule has 0 radical (unpaired) electrons. The summed E-state index contributed by atoms with van der Waals surface area (Å²) in [4.78, 5) is 19.1. The molecule has 0 bridgehead atoms. The molecular weight excluding hydrogens is 240 g/mol. The molecule has 1 fully saturated rings. The molecular formula is C14H24N4O. The number of nitrogens with zero attached hydrogens (tertiary/aromatic N) is 3. The number of anilines is 1. The maximum atomic E-state index is 12.6. The van der Waals surface area contributed by atoms with Crippen molar-refractivity contribution in [2.24, 2.45) is 0 Å². The first-order valence-corrected chi connectivity index (χ1v) is 6.80. The van der Waals surface area contributed by atoms with E-state index in [1.165, 1.54) is 0 Å². The van der Waals surface area contributed by atoms with E-state index in [9.17, 15) is 4.79 Å². The minimum atomic E-state index is -0.229. The summed E-state index contributed by atoms with van der Waals surface area (Å²) in [5.41, 5.74) is -0.334. The molecule has 1 aliphatic heterocycles. The molecule has 0 unspecified atom stereocenters. The quantitative estimate of drug-likeness (QED) is 0.828. The lowest BCUT2D eigenvalue weighted by atomic mass is 10.0. The Labute approximate surface area is 114 Å². The van der Waals surface area contributed by atoms with Crippen molar-refractivity contribution in [3.63, 3.8) is 0 Å². The van der Waals surface area contributed by atoms with E-state index in [-0.39, 0.29) is 16.6 Å². The van der Waals surface area contributed by atoms with E-state index < -0.39 is 0 Å². The van der Waals surface area contributed by atoms with Crippen LogP contribution in [0, 0.1) is 0 Å². The Morgan fingerprint density at radius 3 is 2.63 bits per heavy atom. The van der Waals surface area contributed by atoms with Crippen molar-refractivity contribution in [2.45, 2.75) is 45.7 Å². The standard InChI is InChI=1S/C14H24N4O/c1-13(2,3)18-9-7-16-11(12(18)19)17-8-6-15-10-14(17,4)5/h7,9,15H,6,8,10H2,1-5H3. The van der Waals surface area contributed by atoms with Crippen LogP contribution in [0.1, 0.15) is 34.6 Å². The Hall–Kier alpha value is -1.36. The highest BCUT2D eigenvalue weighted by atomic mass is 16.1. The van der Waals surface area contributed by atoms with E-state index in [2.05, 4.69) is 29.0 Å². The van der Waals surface area contributed by atoms with Gasteiger partial charge in [-0.2, -0.15) is 0 Å². The third kappa shape index (κ3) is 2.66. The molecule has 0 saturated carbocycles. The van der Waals surface area contributed by atoms with Gasteiger partial charge in [0.2, 0.25) is 0 Å². The molecule has 19 heavy (non-hydrogen) atoms. The summed E-state index contributed by atoms with van der Waals surface area (Å²) in [5.74, 6) is 0.559. The van der Waals surface area contributed by atoms with Gasteiger partial charge in [0.15, 0.2) is 5.82 Å². The summed E-state index contributed by atoms with van der Waals surface area (Å²) in [5, 5.41) is 3.36. The number of piperazine rings is 1. The van der Waals surface area contributed by atoms with Crippen molar-refractivity contribution >= 4 is 5.82 Å². The molecule has 2 heterocycles. The zero-order valence-electron chi connectivity index (χ0n) is 12.5. The van der Waals surface area contributed by atoms with Crippen molar-refractivity contribution < 1.29 is 0 Å². The van der Waals surface area contributed by atoms with E-state index >= 15 is 0 Å². The zero-order valence-corrected chi connectivity index (χ0v) is 12.5. The molecule has 1 aromatic rings. The predicted molar refractivity (Wildman–Crippen MR) is 77.8 cm³/mol. The Kier molecular flexibility index (Phi) is 3.43. The van der Waals surface area contributed by atoms with Crippen LogP contribution in [-0.2, 0) is 5.54 Å². The summed E-state index contributed by atoms with van der Waals surface area (Å²) in [6.45, 7) is 12.9. The average molecular weight is 264 g/mol. The monoisotopic (exact) mass is 264 g/mol. The molecule has 1 aromatic heterocycles. The molecule has 0 aromatic carbocycles. The minimum absolute atomic E-state index is 0.00928. The van der Waals surface area contributed by atoms with Gasteiger partial charge in [0.05, 0.1) is 0 Å². The van der Waals surface area contributed by atoms with Gasteiger partial charge < -0.3 is 14.8 Å². The maximum absolute atomic E-state index is 12.6. The molecule has 5 nitrogen and oxygen atoms in total. The van der Waals surface area contributed by atoms with Crippen LogP contribution < -0.4 is 15.8 Å². The lowest BCUT2D eigenvalue weighted by molar-refractivity contribution is 0.361. The van der Waals surface area contributed by atoms with Crippen LogP contribution in [0.25, 0.3) is 0 Å². The van der Waals surface area contributed by atoms with Gasteiger partial charge in [-0.1, -0.05) is 0 Å². The van der Waals surface area contributed by atoms with E-state index in [0.29, 0.717) is 5.82 Å². The third-order valence-corrected chi connectivity index (χ3v) is 3.60. The van der Waals surface area contributed by atoms with Crippen molar-refractivity contribution in [3.05, 3.63) is 22.7 Å². The van der Waals surface area contributed by atoms with Gasteiger partial charge in [-0.25, -0.2) is 4.98 Å². The zero-order chi connectivity index (χ0) is 14.3. The predicted octanol–water partition coefficient (Wildman–Crippen LogP) is 1.19. The third-order valence-electron chi connectivity index (χ3n) is 3.60. The fraction of sp³-hybridized carbons (Fsp3) is 0.714. The Morgan fingerprint density at radius 2 is 2.05 bits per heavy atom. The second kappa shape index (κ2) is 4.63. The molecule has 0 spiro atoms. The Bertz CT molecular complexity index is 513. The topological polar surface area (TPSA) is 50.2 Å². The number of rotatable bonds is 1. The maximum Gasteiger partial charge on any atom is 0.294 e. The first kappa shape index (κ1) is 14.1. The van der Waals surface area contributed by atoms with Gasteiger partial charge in [0, 0.05) is 43.1 Å². The van der Waals surface area contributed by atoms with Crippen molar-refractivity contribution in [1.29, 1.82) is 0 Å². The van der Waals surface area contributed by atoms with Crippen LogP contribution >= 0.6 is 0 Å². The largest absolute Gasteiger partial charge is 0.344 e. The number of hydrogen-bond donors (Lipinski definition) is 1. The highest BCUT2D eigenvalue weighted by molar-refractivity contribution is 5.40. The summed E-state index contributed by atoms with van der Waals surface area (Å²) < 4.78 is 1.76.